The Morgan fingerprint density at radius 3 is 2.38 bits per heavy atom. The lowest BCUT2D eigenvalue weighted by Crippen LogP contribution is -2.12. The smallest absolute Gasteiger partial charge is 0.258 e. The maximum atomic E-state index is 10.7. The molecule has 0 aliphatic carbocycles. The van der Waals surface area contributed by atoms with Crippen LogP contribution in [0.1, 0.15) is 0 Å². The quantitative estimate of drug-likeness (QED) is 0.538. The number of hydrogen-bond donors (Lipinski definition) is 1. The molecule has 0 aliphatic heterocycles. The molecular formula is C6H5N2O4S. The average Bonchev–Trinajstić information content (AvgIpc) is 2.03. The van der Waals surface area contributed by atoms with E-state index < -0.39 is 14.9 Å². The molecule has 7 heteroatoms. The van der Waals surface area contributed by atoms with E-state index in [1.54, 1.807) is 0 Å². The molecule has 0 saturated heterocycles. The van der Waals surface area contributed by atoms with Gasteiger partial charge in [-0.05, 0) is 6.07 Å². The number of non-ortho nitro benzene ring substituents is 1. The zero-order chi connectivity index (χ0) is 10.1. The van der Waals surface area contributed by atoms with Crippen LogP contribution in [0.2, 0.25) is 0 Å². The van der Waals surface area contributed by atoms with Crippen molar-refractivity contribution in [1.82, 2.24) is 0 Å². The van der Waals surface area contributed by atoms with Crippen LogP contribution in [0.15, 0.2) is 23.1 Å². The topological polar surface area (TPSA) is 103 Å². The predicted octanol–water partition coefficient (Wildman–Crippen LogP) is 0.0424. The fourth-order valence-corrected chi connectivity index (χ4v) is 1.17. The van der Waals surface area contributed by atoms with Gasteiger partial charge in [-0.2, -0.15) is 0 Å². The van der Waals surface area contributed by atoms with Crippen LogP contribution in [0, 0.1) is 16.2 Å². The summed E-state index contributed by atoms with van der Waals surface area (Å²) in [5.74, 6) is 0. The molecule has 13 heavy (non-hydrogen) atoms. The van der Waals surface area contributed by atoms with E-state index in [-0.39, 0.29) is 10.6 Å². The highest BCUT2D eigenvalue weighted by molar-refractivity contribution is 7.89. The fraction of sp³-hybridized carbons (Fsp3) is 0. The molecule has 1 radical (unpaired) electrons. The molecule has 0 saturated carbocycles. The molecule has 0 bridgehead atoms. The Labute approximate surface area is 74.2 Å². The van der Waals surface area contributed by atoms with Crippen molar-refractivity contribution >= 4 is 15.7 Å². The van der Waals surface area contributed by atoms with Gasteiger partial charge in [0, 0.05) is 18.2 Å². The maximum absolute atomic E-state index is 10.7. The van der Waals surface area contributed by atoms with Crippen molar-refractivity contribution in [3.63, 3.8) is 0 Å². The van der Waals surface area contributed by atoms with Crippen LogP contribution in [0.4, 0.5) is 5.69 Å². The molecule has 0 heterocycles. The number of benzene rings is 1. The normalized spacial score (nSPS) is 11.2. The summed E-state index contributed by atoms with van der Waals surface area (Å²) < 4.78 is 21.4. The highest BCUT2D eigenvalue weighted by atomic mass is 32.2. The van der Waals surface area contributed by atoms with E-state index in [0.29, 0.717) is 0 Å². The van der Waals surface area contributed by atoms with E-state index in [1.165, 1.54) is 0 Å². The molecule has 0 atom stereocenters. The Hall–Kier alpha value is -1.47. The van der Waals surface area contributed by atoms with Crippen molar-refractivity contribution in [3.8, 4) is 0 Å². The Morgan fingerprint density at radius 1 is 1.46 bits per heavy atom. The molecule has 1 aromatic carbocycles. The lowest BCUT2D eigenvalue weighted by molar-refractivity contribution is -0.384. The Kier molecular flexibility index (Phi) is 2.30. The summed E-state index contributed by atoms with van der Waals surface area (Å²) >= 11 is 0. The Balaban J connectivity index is 3.16. The third kappa shape index (κ3) is 2.23. The number of rotatable bonds is 2. The van der Waals surface area contributed by atoms with Crippen LogP contribution >= 0.6 is 0 Å². The summed E-state index contributed by atoms with van der Waals surface area (Å²) in [7, 11) is -3.82. The zero-order valence-electron chi connectivity index (χ0n) is 6.30. The van der Waals surface area contributed by atoms with Gasteiger partial charge in [0.25, 0.3) is 5.69 Å². The lowest BCUT2D eigenvalue weighted by Gasteiger charge is -1.95. The van der Waals surface area contributed by atoms with Crippen molar-refractivity contribution in [2.45, 2.75) is 4.90 Å². The van der Waals surface area contributed by atoms with Crippen LogP contribution in [0.5, 0.6) is 0 Å². The molecule has 6 nitrogen and oxygen atoms in total. The number of nitrogens with zero attached hydrogens (tertiary/aromatic N) is 1. The van der Waals surface area contributed by atoms with E-state index >= 15 is 0 Å². The molecular weight excluding hydrogens is 196 g/mol. The first kappa shape index (κ1) is 9.62. The van der Waals surface area contributed by atoms with Gasteiger partial charge in [0.1, 0.15) is 0 Å². The molecule has 1 rings (SSSR count). The number of nitrogens with two attached hydrogens (primary N) is 1. The monoisotopic (exact) mass is 201 g/mol. The summed E-state index contributed by atoms with van der Waals surface area (Å²) in [4.78, 5) is 9.25. The van der Waals surface area contributed by atoms with Gasteiger partial charge in [-0.3, -0.25) is 10.1 Å². The first-order chi connectivity index (χ1) is 5.91. The molecule has 1 aromatic rings. The molecule has 0 unspecified atom stereocenters. The molecule has 0 amide bonds. The Morgan fingerprint density at radius 2 is 2.08 bits per heavy atom. The van der Waals surface area contributed by atoms with Crippen LogP contribution in [-0.2, 0) is 10.0 Å². The molecule has 69 valence electrons. The number of sulfonamides is 1. The zero-order valence-corrected chi connectivity index (χ0v) is 7.11. The summed E-state index contributed by atoms with van der Waals surface area (Å²) in [5, 5.41) is 14.9. The van der Waals surface area contributed by atoms with Crippen molar-refractivity contribution in [2.24, 2.45) is 5.14 Å². The van der Waals surface area contributed by atoms with Crippen LogP contribution in [0.25, 0.3) is 0 Å². The Bertz CT molecular complexity index is 422. The first-order valence-electron chi connectivity index (χ1n) is 3.10. The average molecular weight is 201 g/mol. The summed E-state index contributed by atoms with van der Waals surface area (Å²) in [5.41, 5.74) is -0.229. The number of nitro groups is 1. The number of nitro benzene ring substituents is 1. The van der Waals surface area contributed by atoms with Crippen LogP contribution in [-0.4, -0.2) is 13.3 Å². The van der Waals surface area contributed by atoms with Crippen molar-refractivity contribution < 1.29 is 13.3 Å². The molecule has 2 N–H and O–H groups in total. The van der Waals surface area contributed by atoms with Gasteiger partial charge in [-0.1, -0.05) is 0 Å². The van der Waals surface area contributed by atoms with E-state index in [9.17, 15) is 18.5 Å². The fourth-order valence-electron chi connectivity index (χ4n) is 0.693. The highest BCUT2D eigenvalue weighted by Gasteiger charge is 2.10. The van der Waals surface area contributed by atoms with E-state index in [4.69, 9.17) is 5.14 Å². The molecule has 0 aromatic heterocycles. The van der Waals surface area contributed by atoms with Crippen LogP contribution < -0.4 is 5.14 Å². The van der Waals surface area contributed by atoms with E-state index in [2.05, 4.69) is 6.07 Å². The third-order valence-electron chi connectivity index (χ3n) is 1.29. The summed E-state index contributed by atoms with van der Waals surface area (Å²) in [6.45, 7) is 0. The van der Waals surface area contributed by atoms with Gasteiger partial charge in [0.05, 0.1) is 9.82 Å². The van der Waals surface area contributed by atoms with Gasteiger partial charge < -0.3 is 0 Å². The van der Waals surface area contributed by atoms with Gasteiger partial charge in [-0.25, -0.2) is 13.6 Å². The minimum Gasteiger partial charge on any atom is -0.258 e. The maximum Gasteiger partial charge on any atom is 0.270 e. The second kappa shape index (κ2) is 3.11. The van der Waals surface area contributed by atoms with E-state index in [1.807, 2.05) is 0 Å². The van der Waals surface area contributed by atoms with Crippen molar-refractivity contribution in [1.29, 1.82) is 0 Å². The minimum atomic E-state index is -3.82. The largest absolute Gasteiger partial charge is 0.270 e. The molecule has 0 aliphatic rings. The van der Waals surface area contributed by atoms with Gasteiger partial charge in [-0.15, -0.1) is 0 Å². The summed E-state index contributed by atoms with van der Waals surface area (Å²) in [6.07, 6.45) is 0. The second-order valence-electron chi connectivity index (χ2n) is 2.21. The van der Waals surface area contributed by atoms with Crippen molar-refractivity contribution in [2.75, 3.05) is 0 Å². The summed E-state index contributed by atoms with van der Waals surface area (Å²) in [6, 6.07) is 5.25. The second-order valence-corrected chi connectivity index (χ2v) is 3.74. The minimum absolute atomic E-state index is 0.229. The van der Waals surface area contributed by atoms with Gasteiger partial charge in [0.15, 0.2) is 0 Å². The van der Waals surface area contributed by atoms with E-state index in [0.717, 1.165) is 18.2 Å². The molecule has 0 fully saturated rings. The molecule has 0 spiro atoms. The third-order valence-corrected chi connectivity index (χ3v) is 2.15. The predicted molar refractivity (Wildman–Crippen MR) is 43.3 cm³/mol. The highest BCUT2D eigenvalue weighted by Crippen LogP contribution is 2.13. The van der Waals surface area contributed by atoms with Gasteiger partial charge in [0.2, 0.25) is 10.0 Å². The van der Waals surface area contributed by atoms with Gasteiger partial charge >= 0.3 is 0 Å². The number of primary sulfonamides is 1. The lowest BCUT2D eigenvalue weighted by atomic mass is 10.3. The van der Waals surface area contributed by atoms with Crippen molar-refractivity contribution in [3.05, 3.63) is 34.4 Å². The van der Waals surface area contributed by atoms with Crippen LogP contribution in [0.3, 0.4) is 0 Å². The number of hydrogen-bond acceptors (Lipinski definition) is 4. The standard InChI is InChI=1S/C6H5N2O4S/c7-13(11,12)6-3-1-5(2-4-6)8(9)10/h1-3H,(H2,7,11,12). The first-order valence-corrected chi connectivity index (χ1v) is 4.65. The SMILES string of the molecule is NS(=O)(=O)c1[c]cc([N+](=O)[O-])cc1.